The molecule has 1 unspecified atom stereocenters. The Labute approximate surface area is 163 Å². The number of unbranched alkanes of at least 4 members (excludes halogenated alkanes) is 13. The summed E-state index contributed by atoms with van der Waals surface area (Å²) in [5, 5.41) is 17.5. The second-order valence-corrected chi connectivity index (χ2v) is 7.30. The molecule has 0 heterocycles. The van der Waals surface area contributed by atoms with Gasteiger partial charge in [-0.25, -0.2) is 0 Å². The minimum Gasteiger partial charge on any atom is -0.481 e. The molecule has 6 heteroatoms. The molecular formula is C21H38O6. The molecule has 0 spiro atoms. The molecule has 0 aliphatic rings. The van der Waals surface area contributed by atoms with Crippen molar-refractivity contribution in [3.05, 3.63) is 0 Å². The Bertz CT molecular complexity index is 407. The highest BCUT2D eigenvalue weighted by Crippen LogP contribution is 2.16. The molecule has 0 bridgehead atoms. The Kier molecular flexibility index (Phi) is 16.8. The smallest absolute Gasteiger partial charge is 0.320 e. The Balaban J connectivity index is 3.30. The highest BCUT2D eigenvalue weighted by molar-refractivity contribution is 5.93. The van der Waals surface area contributed by atoms with Gasteiger partial charge in [0.2, 0.25) is 0 Å². The summed E-state index contributed by atoms with van der Waals surface area (Å²) in [5.41, 5.74) is 0. The molecule has 1 atom stereocenters. The van der Waals surface area contributed by atoms with Crippen molar-refractivity contribution in [3.8, 4) is 0 Å². The minimum absolute atomic E-state index is 0.297. The van der Waals surface area contributed by atoms with Crippen LogP contribution in [0.3, 0.4) is 0 Å². The summed E-state index contributed by atoms with van der Waals surface area (Å²) in [7, 11) is 1.22. The third kappa shape index (κ3) is 16.3. The number of carbonyl (C=O) groups is 3. The Morgan fingerprint density at radius 3 is 1.37 bits per heavy atom. The third-order valence-electron chi connectivity index (χ3n) is 4.92. The summed E-state index contributed by atoms with van der Waals surface area (Å²) in [6.07, 6.45) is 16.3. The molecular weight excluding hydrogens is 348 g/mol. The standard InChI is InChI=1S/C21H38O6/c1-27-21(26)18(20(24)25)16-14-12-10-8-6-4-2-3-5-7-9-11-13-15-17-19(22)23/h18H,2-17H2,1H3,(H,22,23)(H,24,25). The summed E-state index contributed by atoms with van der Waals surface area (Å²) in [6, 6.07) is 0. The van der Waals surface area contributed by atoms with Crippen LogP contribution in [0.4, 0.5) is 0 Å². The Morgan fingerprint density at radius 2 is 1.04 bits per heavy atom. The lowest BCUT2D eigenvalue weighted by Gasteiger charge is -2.09. The maximum absolute atomic E-state index is 11.3. The van der Waals surface area contributed by atoms with Crippen LogP contribution in [0.15, 0.2) is 0 Å². The van der Waals surface area contributed by atoms with E-state index >= 15 is 0 Å². The molecule has 0 aliphatic heterocycles. The maximum Gasteiger partial charge on any atom is 0.320 e. The number of hydrogen-bond acceptors (Lipinski definition) is 4. The minimum atomic E-state index is -1.10. The fraction of sp³-hybridized carbons (Fsp3) is 0.857. The molecule has 0 fully saturated rings. The van der Waals surface area contributed by atoms with Gasteiger partial charge in [0.05, 0.1) is 7.11 Å². The number of rotatable bonds is 19. The molecule has 158 valence electrons. The molecule has 0 aromatic carbocycles. The van der Waals surface area contributed by atoms with Crippen molar-refractivity contribution in [2.45, 2.75) is 103 Å². The number of aliphatic carboxylic acids is 2. The predicted molar refractivity (Wildman–Crippen MR) is 105 cm³/mol. The Morgan fingerprint density at radius 1 is 0.667 bits per heavy atom. The van der Waals surface area contributed by atoms with Crippen LogP contribution in [-0.4, -0.2) is 35.2 Å². The lowest BCUT2D eigenvalue weighted by atomic mass is 10.00. The zero-order chi connectivity index (χ0) is 20.3. The van der Waals surface area contributed by atoms with E-state index in [9.17, 15) is 14.4 Å². The zero-order valence-electron chi connectivity index (χ0n) is 16.9. The maximum atomic E-state index is 11.3. The van der Waals surface area contributed by atoms with Crippen molar-refractivity contribution in [2.24, 2.45) is 5.92 Å². The van der Waals surface area contributed by atoms with Gasteiger partial charge >= 0.3 is 17.9 Å². The van der Waals surface area contributed by atoms with Gasteiger partial charge in [0.1, 0.15) is 0 Å². The van der Waals surface area contributed by atoms with E-state index in [0.717, 1.165) is 38.5 Å². The van der Waals surface area contributed by atoms with Crippen molar-refractivity contribution < 1.29 is 29.3 Å². The molecule has 0 radical (unpaired) electrons. The molecule has 0 saturated carbocycles. The van der Waals surface area contributed by atoms with Crippen LogP contribution < -0.4 is 0 Å². The fourth-order valence-electron chi connectivity index (χ4n) is 3.23. The summed E-state index contributed by atoms with van der Waals surface area (Å²) < 4.78 is 4.52. The van der Waals surface area contributed by atoms with E-state index in [1.807, 2.05) is 0 Å². The first-order valence-corrected chi connectivity index (χ1v) is 10.5. The van der Waals surface area contributed by atoms with Gasteiger partial charge in [-0.2, -0.15) is 0 Å². The van der Waals surface area contributed by atoms with E-state index in [4.69, 9.17) is 10.2 Å². The summed E-state index contributed by atoms with van der Waals surface area (Å²) >= 11 is 0. The van der Waals surface area contributed by atoms with Crippen LogP contribution in [0.25, 0.3) is 0 Å². The SMILES string of the molecule is COC(=O)C(CCCCCCCCCCCCCCCCC(=O)O)C(=O)O. The van der Waals surface area contributed by atoms with E-state index in [-0.39, 0.29) is 0 Å². The number of carbonyl (C=O) groups excluding carboxylic acids is 1. The predicted octanol–water partition coefficient (Wildman–Crippen LogP) is 5.19. The molecule has 27 heavy (non-hydrogen) atoms. The lowest BCUT2D eigenvalue weighted by Crippen LogP contribution is -2.24. The third-order valence-corrected chi connectivity index (χ3v) is 4.92. The number of esters is 1. The number of carboxylic acid groups (broad SMARTS) is 2. The van der Waals surface area contributed by atoms with Gasteiger partial charge in [-0.3, -0.25) is 14.4 Å². The van der Waals surface area contributed by atoms with Crippen molar-refractivity contribution in [2.75, 3.05) is 7.11 Å². The van der Waals surface area contributed by atoms with Gasteiger partial charge < -0.3 is 14.9 Å². The van der Waals surface area contributed by atoms with Crippen molar-refractivity contribution in [1.82, 2.24) is 0 Å². The van der Waals surface area contributed by atoms with Gasteiger partial charge in [0.25, 0.3) is 0 Å². The highest BCUT2D eigenvalue weighted by Gasteiger charge is 2.26. The summed E-state index contributed by atoms with van der Waals surface area (Å²) in [6.45, 7) is 0. The lowest BCUT2D eigenvalue weighted by molar-refractivity contribution is -0.157. The zero-order valence-corrected chi connectivity index (χ0v) is 16.9. The molecule has 0 rings (SSSR count). The number of hydrogen-bond donors (Lipinski definition) is 2. The largest absolute Gasteiger partial charge is 0.481 e. The normalized spacial score (nSPS) is 11.9. The van der Waals surface area contributed by atoms with Gasteiger partial charge in [-0.05, 0) is 12.8 Å². The average molecular weight is 387 g/mol. The first-order valence-electron chi connectivity index (χ1n) is 10.5. The average Bonchev–Trinajstić information content (AvgIpc) is 2.63. The van der Waals surface area contributed by atoms with Crippen LogP contribution in [0.2, 0.25) is 0 Å². The molecule has 0 saturated heterocycles. The fourth-order valence-corrected chi connectivity index (χ4v) is 3.23. The van der Waals surface area contributed by atoms with E-state index in [2.05, 4.69) is 4.74 Å². The van der Waals surface area contributed by atoms with Gasteiger partial charge in [-0.15, -0.1) is 0 Å². The van der Waals surface area contributed by atoms with E-state index in [1.54, 1.807) is 0 Å². The quantitative estimate of drug-likeness (QED) is 0.180. The van der Waals surface area contributed by atoms with E-state index < -0.39 is 23.8 Å². The monoisotopic (exact) mass is 386 g/mol. The summed E-state index contributed by atoms with van der Waals surface area (Å²) in [4.78, 5) is 32.7. The number of methoxy groups -OCH3 is 1. The van der Waals surface area contributed by atoms with Crippen LogP contribution in [-0.2, 0) is 19.1 Å². The summed E-state index contributed by atoms with van der Waals surface area (Å²) in [5.74, 6) is -3.46. The van der Waals surface area contributed by atoms with E-state index in [0.29, 0.717) is 12.8 Å². The van der Waals surface area contributed by atoms with Crippen LogP contribution in [0.1, 0.15) is 103 Å². The van der Waals surface area contributed by atoms with Crippen molar-refractivity contribution >= 4 is 17.9 Å². The Hall–Kier alpha value is -1.59. The van der Waals surface area contributed by atoms with Crippen LogP contribution in [0.5, 0.6) is 0 Å². The van der Waals surface area contributed by atoms with Crippen LogP contribution in [0, 0.1) is 5.92 Å². The van der Waals surface area contributed by atoms with Crippen molar-refractivity contribution in [1.29, 1.82) is 0 Å². The molecule has 0 amide bonds. The number of ether oxygens (including phenoxy) is 1. The first-order chi connectivity index (χ1) is 13.0. The number of carboxylic acids is 2. The van der Waals surface area contributed by atoms with Gasteiger partial charge in [0.15, 0.2) is 5.92 Å². The topological polar surface area (TPSA) is 101 Å². The molecule has 0 aromatic heterocycles. The second-order valence-electron chi connectivity index (χ2n) is 7.30. The van der Waals surface area contributed by atoms with Gasteiger partial charge in [0, 0.05) is 6.42 Å². The second kappa shape index (κ2) is 17.8. The van der Waals surface area contributed by atoms with Gasteiger partial charge in [-0.1, -0.05) is 83.5 Å². The molecule has 0 aliphatic carbocycles. The molecule has 2 N–H and O–H groups in total. The first kappa shape index (κ1) is 25.4. The highest BCUT2D eigenvalue weighted by atomic mass is 16.5. The van der Waals surface area contributed by atoms with Crippen molar-refractivity contribution in [3.63, 3.8) is 0 Å². The molecule has 6 nitrogen and oxygen atoms in total. The molecule has 0 aromatic rings. The van der Waals surface area contributed by atoms with E-state index in [1.165, 1.54) is 58.5 Å². The van der Waals surface area contributed by atoms with Crippen LogP contribution >= 0.6 is 0 Å².